The van der Waals surface area contributed by atoms with Gasteiger partial charge in [-0.25, -0.2) is 0 Å². The van der Waals surface area contributed by atoms with Crippen LogP contribution in [0, 0.1) is 5.92 Å². The second kappa shape index (κ2) is 11.5. The Hall–Kier alpha value is -1.88. The first-order valence-corrected chi connectivity index (χ1v) is 11.6. The fourth-order valence-corrected chi connectivity index (χ4v) is 4.36. The Morgan fingerprint density at radius 1 is 0.971 bits per heavy atom. The van der Waals surface area contributed by atoms with Gasteiger partial charge in [-0.3, -0.25) is 4.74 Å². The van der Waals surface area contributed by atoms with Gasteiger partial charge in [0.15, 0.2) is 6.10 Å². The van der Waals surface area contributed by atoms with Crippen LogP contribution in [0.2, 0.25) is 10.0 Å². The third-order valence-electron chi connectivity index (χ3n) is 5.66. The van der Waals surface area contributed by atoms with Crippen LogP contribution in [0.3, 0.4) is 0 Å². The molecule has 0 aromatic heterocycles. The molecule has 0 radical (unpaired) electrons. The lowest BCUT2D eigenvalue weighted by atomic mass is 9.87. The van der Waals surface area contributed by atoms with Crippen molar-refractivity contribution in [1.82, 2.24) is 0 Å². The van der Waals surface area contributed by atoms with Crippen LogP contribution in [0.1, 0.15) is 32.1 Å². The molecule has 3 rings (SSSR count). The Balaban J connectivity index is 2.00. The second-order valence-electron chi connectivity index (χ2n) is 8.21. The van der Waals surface area contributed by atoms with Crippen LogP contribution in [0.5, 0.6) is 11.5 Å². The van der Waals surface area contributed by atoms with Crippen LogP contribution in [-0.2, 0) is 4.74 Å². The van der Waals surface area contributed by atoms with Crippen LogP contribution in [0.4, 0.5) is 32.0 Å². The highest BCUT2D eigenvalue weighted by Crippen LogP contribution is 2.39. The predicted octanol–water partition coefficient (Wildman–Crippen LogP) is 7.96. The third kappa shape index (κ3) is 7.80. The minimum atomic E-state index is -5.11. The van der Waals surface area contributed by atoms with Crippen molar-refractivity contribution in [3.8, 4) is 11.5 Å². The summed E-state index contributed by atoms with van der Waals surface area (Å²) in [5.41, 5.74) is -0.0521. The van der Waals surface area contributed by atoms with E-state index in [-0.39, 0.29) is 27.2 Å². The fourth-order valence-electron chi connectivity index (χ4n) is 4.03. The molecule has 1 aliphatic carbocycles. The second-order valence-corrected chi connectivity index (χ2v) is 9.00. The molecule has 1 fully saturated rings. The monoisotopic (exact) mass is 545 g/mol. The largest absolute Gasteiger partial charge is 0.524 e. The Morgan fingerprint density at radius 2 is 1.63 bits per heavy atom. The van der Waals surface area contributed by atoms with E-state index in [2.05, 4.69) is 4.74 Å². The van der Waals surface area contributed by atoms with Crippen molar-refractivity contribution in [3.05, 3.63) is 52.5 Å². The van der Waals surface area contributed by atoms with E-state index in [1.165, 1.54) is 36.4 Å². The summed E-state index contributed by atoms with van der Waals surface area (Å²) >= 11 is 12.1. The molecule has 1 saturated carbocycles. The topological polar surface area (TPSA) is 41.9 Å². The van der Waals surface area contributed by atoms with Crippen molar-refractivity contribution in [2.75, 3.05) is 11.4 Å². The van der Waals surface area contributed by atoms with Crippen molar-refractivity contribution >= 4 is 28.9 Å². The normalized spacial score (nSPS) is 17.2. The molecule has 0 bridgehead atoms. The lowest BCUT2D eigenvalue weighted by Gasteiger charge is -2.41. The molecule has 194 valence electrons. The minimum Gasteiger partial charge on any atom is -0.456 e. The lowest BCUT2D eigenvalue weighted by molar-refractivity contribution is -0.349. The summed E-state index contributed by atoms with van der Waals surface area (Å²) in [7, 11) is 0. The summed E-state index contributed by atoms with van der Waals surface area (Å²) in [6, 6.07) is 10.0. The maximum absolute atomic E-state index is 13.4. The number of halogens is 8. The number of aliphatic hydroxyl groups excluding tert-OH is 1. The first kappa shape index (κ1) is 27.7. The molecule has 0 amide bonds. The fraction of sp³-hybridized carbons (Fsp3) is 0.478. The van der Waals surface area contributed by atoms with Gasteiger partial charge in [-0.15, -0.1) is 13.2 Å². The van der Waals surface area contributed by atoms with Crippen molar-refractivity contribution in [2.45, 2.75) is 57.0 Å². The predicted molar refractivity (Wildman–Crippen MR) is 120 cm³/mol. The van der Waals surface area contributed by atoms with Crippen LogP contribution in [0.15, 0.2) is 42.5 Å². The van der Waals surface area contributed by atoms with Crippen molar-refractivity contribution in [1.29, 1.82) is 0 Å². The lowest BCUT2D eigenvalue weighted by Crippen LogP contribution is -2.51. The van der Waals surface area contributed by atoms with E-state index in [9.17, 15) is 31.4 Å². The van der Waals surface area contributed by atoms with Gasteiger partial charge in [0.05, 0.1) is 11.6 Å². The standard InChI is InChI=1S/C23H23Cl2F6NO3/c24-17-10-5-11-18(20(17)25)34-16-9-4-8-15(12-16)32(13-19(33)22(26,27)28)21(35-23(29,30)31)14-6-2-1-3-7-14/h4-5,8-12,14,19,21,33H,1-3,6-7,13H2. The molecule has 0 saturated heterocycles. The van der Waals surface area contributed by atoms with Crippen molar-refractivity contribution in [2.24, 2.45) is 5.92 Å². The van der Waals surface area contributed by atoms with Gasteiger partial charge in [-0.05, 0) is 37.1 Å². The number of nitrogens with zero attached hydrogens (tertiary/aromatic N) is 1. The van der Waals surface area contributed by atoms with E-state index in [1.807, 2.05) is 0 Å². The van der Waals surface area contributed by atoms with E-state index in [0.29, 0.717) is 25.7 Å². The van der Waals surface area contributed by atoms with E-state index < -0.39 is 37.3 Å². The maximum atomic E-state index is 13.4. The van der Waals surface area contributed by atoms with Gasteiger partial charge in [0.2, 0.25) is 0 Å². The summed E-state index contributed by atoms with van der Waals surface area (Å²) < 4.78 is 89.9. The highest BCUT2D eigenvalue weighted by atomic mass is 35.5. The average molecular weight is 546 g/mol. The van der Waals surface area contributed by atoms with Crippen molar-refractivity contribution < 1.29 is 40.9 Å². The summed E-state index contributed by atoms with van der Waals surface area (Å²) in [6.07, 6.45) is -12.1. The van der Waals surface area contributed by atoms with Crippen LogP contribution in [-0.4, -0.2) is 36.5 Å². The Labute approximate surface area is 208 Å². The number of ether oxygens (including phenoxy) is 2. The number of alkyl halides is 6. The molecule has 0 aliphatic heterocycles. The number of anilines is 1. The number of hydrogen-bond donors (Lipinski definition) is 1. The highest BCUT2D eigenvalue weighted by Gasteiger charge is 2.45. The van der Waals surface area contributed by atoms with E-state index in [4.69, 9.17) is 27.9 Å². The number of aliphatic hydroxyl groups is 1. The van der Waals surface area contributed by atoms with Gasteiger partial charge in [0.25, 0.3) is 0 Å². The number of rotatable bonds is 8. The van der Waals surface area contributed by atoms with Gasteiger partial charge in [-0.1, -0.05) is 54.6 Å². The van der Waals surface area contributed by atoms with Gasteiger partial charge < -0.3 is 14.7 Å². The zero-order chi connectivity index (χ0) is 25.8. The molecular formula is C23H23Cl2F6NO3. The number of hydrogen-bond acceptors (Lipinski definition) is 4. The summed E-state index contributed by atoms with van der Waals surface area (Å²) in [5.74, 6) is -0.459. The maximum Gasteiger partial charge on any atom is 0.524 e. The number of benzene rings is 2. The van der Waals surface area contributed by atoms with Gasteiger partial charge in [0, 0.05) is 17.7 Å². The molecule has 0 spiro atoms. The molecule has 2 aromatic rings. The van der Waals surface area contributed by atoms with Gasteiger partial charge in [-0.2, -0.15) is 13.2 Å². The zero-order valence-electron chi connectivity index (χ0n) is 18.3. The summed E-state index contributed by atoms with van der Waals surface area (Å²) in [4.78, 5) is 0.800. The SMILES string of the molecule is OC(CN(c1cccc(Oc2cccc(Cl)c2Cl)c1)C(OC(F)(F)F)C1CCCCC1)C(F)(F)F. The van der Waals surface area contributed by atoms with Gasteiger partial charge >= 0.3 is 12.5 Å². The molecule has 2 unspecified atom stereocenters. The van der Waals surface area contributed by atoms with E-state index in [0.717, 1.165) is 11.3 Å². The third-order valence-corrected chi connectivity index (χ3v) is 6.46. The van der Waals surface area contributed by atoms with Crippen LogP contribution in [0.25, 0.3) is 0 Å². The highest BCUT2D eigenvalue weighted by molar-refractivity contribution is 6.42. The Morgan fingerprint density at radius 3 is 2.26 bits per heavy atom. The molecule has 4 nitrogen and oxygen atoms in total. The zero-order valence-corrected chi connectivity index (χ0v) is 19.8. The first-order valence-electron chi connectivity index (χ1n) is 10.8. The Bertz CT molecular complexity index is 982. The Kier molecular flexibility index (Phi) is 9.06. The molecule has 12 heteroatoms. The smallest absolute Gasteiger partial charge is 0.456 e. The average Bonchev–Trinajstić information content (AvgIpc) is 2.78. The first-order chi connectivity index (χ1) is 16.3. The molecule has 35 heavy (non-hydrogen) atoms. The molecular weight excluding hydrogens is 523 g/mol. The molecule has 1 N–H and O–H groups in total. The van der Waals surface area contributed by atoms with Gasteiger partial charge in [0.1, 0.15) is 22.7 Å². The molecule has 1 aliphatic rings. The minimum absolute atomic E-state index is 0.0521. The van der Waals surface area contributed by atoms with Crippen LogP contribution < -0.4 is 9.64 Å². The summed E-state index contributed by atoms with van der Waals surface area (Å²) in [5, 5.41) is 10.1. The van der Waals surface area contributed by atoms with Crippen molar-refractivity contribution in [3.63, 3.8) is 0 Å². The molecule has 0 heterocycles. The quantitative estimate of drug-likeness (QED) is 0.270. The van der Waals surface area contributed by atoms with E-state index >= 15 is 0 Å². The van der Waals surface area contributed by atoms with Crippen LogP contribution >= 0.6 is 23.2 Å². The molecule has 2 atom stereocenters. The molecule has 2 aromatic carbocycles. The van der Waals surface area contributed by atoms with E-state index in [1.54, 1.807) is 6.07 Å². The summed E-state index contributed by atoms with van der Waals surface area (Å²) in [6.45, 7) is -1.16.